The Kier molecular flexibility index (Phi) is 4.52. The Hall–Kier alpha value is -1.62. The van der Waals surface area contributed by atoms with Crippen LogP contribution in [0.25, 0.3) is 0 Å². The molecule has 0 radical (unpaired) electrons. The van der Waals surface area contributed by atoms with Gasteiger partial charge in [0.2, 0.25) is 0 Å². The van der Waals surface area contributed by atoms with Crippen molar-refractivity contribution >= 4 is 11.4 Å². The number of nitrogens with one attached hydrogen (secondary N) is 1. The molecule has 5 nitrogen and oxygen atoms in total. The number of hydrogen-bond acceptors (Lipinski definition) is 4. The number of ether oxygens (including phenoxy) is 1. The topological polar surface area (TPSA) is 64.4 Å². The lowest BCUT2D eigenvalue weighted by Gasteiger charge is -2.06. The van der Waals surface area contributed by atoms with Crippen molar-refractivity contribution < 1.29 is 9.66 Å². The molecule has 2 rings (SSSR count). The highest BCUT2D eigenvalue weighted by Crippen LogP contribution is 2.28. The van der Waals surface area contributed by atoms with Crippen molar-refractivity contribution in [1.82, 2.24) is 0 Å². The van der Waals surface area contributed by atoms with Gasteiger partial charge in [-0.15, -0.1) is 0 Å². The largest absolute Gasteiger partial charge is 0.385 e. The van der Waals surface area contributed by atoms with Gasteiger partial charge in [0, 0.05) is 37.6 Å². The van der Waals surface area contributed by atoms with Crippen LogP contribution in [-0.4, -0.2) is 24.7 Å². The summed E-state index contributed by atoms with van der Waals surface area (Å²) in [6, 6.07) is 6.46. The summed E-state index contributed by atoms with van der Waals surface area (Å²) >= 11 is 0. The van der Waals surface area contributed by atoms with Crippen LogP contribution in [0.3, 0.4) is 0 Å². The van der Waals surface area contributed by atoms with E-state index in [0.29, 0.717) is 0 Å². The molecule has 0 atom stereocenters. The monoisotopic (exact) mass is 250 g/mol. The average molecular weight is 250 g/mol. The van der Waals surface area contributed by atoms with E-state index in [1.165, 1.54) is 25.0 Å². The summed E-state index contributed by atoms with van der Waals surface area (Å²) in [6.45, 7) is 2.50. The average Bonchev–Trinajstić information content (AvgIpc) is 3.18. The summed E-state index contributed by atoms with van der Waals surface area (Å²) in [5, 5.41) is 13.7. The van der Waals surface area contributed by atoms with E-state index in [9.17, 15) is 10.1 Å². The molecule has 0 spiro atoms. The fourth-order valence-electron chi connectivity index (χ4n) is 1.64. The fraction of sp³-hybridized carbons (Fsp3) is 0.538. The van der Waals surface area contributed by atoms with E-state index in [1.807, 2.05) is 0 Å². The Morgan fingerprint density at radius 2 is 2.06 bits per heavy atom. The predicted molar refractivity (Wildman–Crippen MR) is 69.7 cm³/mol. The molecular formula is C13H18N2O3. The summed E-state index contributed by atoms with van der Waals surface area (Å²) < 4.78 is 5.52. The van der Waals surface area contributed by atoms with E-state index < -0.39 is 4.92 Å². The van der Waals surface area contributed by atoms with E-state index in [-0.39, 0.29) is 5.69 Å². The predicted octanol–water partition coefficient (Wildman–Crippen LogP) is 2.82. The lowest BCUT2D eigenvalue weighted by molar-refractivity contribution is -0.384. The molecule has 1 aromatic carbocycles. The molecule has 1 aliphatic rings. The summed E-state index contributed by atoms with van der Waals surface area (Å²) in [5.41, 5.74) is 1.02. The number of hydrogen-bond donors (Lipinski definition) is 1. The highest BCUT2D eigenvalue weighted by atomic mass is 16.6. The summed E-state index contributed by atoms with van der Waals surface area (Å²) in [5.74, 6) is 0.813. The van der Waals surface area contributed by atoms with E-state index in [2.05, 4.69) is 5.32 Å². The Morgan fingerprint density at radius 3 is 2.67 bits per heavy atom. The molecule has 0 unspecified atom stereocenters. The van der Waals surface area contributed by atoms with Gasteiger partial charge in [-0.25, -0.2) is 0 Å². The Labute approximate surface area is 106 Å². The van der Waals surface area contributed by atoms with Crippen LogP contribution >= 0.6 is 0 Å². The molecule has 98 valence electrons. The minimum Gasteiger partial charge on any atom is -0.385 e. The molecule has 1 N–H and O–H groups in total. The van der Waals surface area contributed by atoms with E-state index in [0.717, 1.165) is 37.8 Å². The van der Waals surface area contributed by atoms with Gasteiger partial charge in [-0.3, -0.25) is 10.1 Å². The number of nitro groups is 1. The third-order valence-corrected chi connectivity index (χ3v) is 2.92. The number of rotatable bonds is 8. The van der Waals surface area contributed by atoms with Gasteiger partial charge < -0.3 is 10.1 Å². The summed E-state index contributed by atoms with van der Waals surface area (Å²) in [4.78, 5) is 10.1. The van der Waals surface area contributed by atoms with Crippen molar-refractivity contribution in [2.24, 2.45) is 5.92 Å². The fourth-order valence-corrected chi connectivity index (χ4v) is 1.64. The zero-order valence-corrected chi connectivity index (χ0v) is 10.3. The maximum Gasteiger partial charge on any atom is 0.269 e. The normalized spacial score (nSPS) is 14.4. The van der Waals surface area contributed by atoms with Gasteiger partial charge in [-0.2, -0.15) is 0 Å². The van der Waals surface area contributed by atoms with Crippen LogP contribution in [0.5, 0.6) is 0 Å². The van der Waals surface area contributed by atoms with Gasteiger partial charge >= 0.3 is 0 Å². The molecule has 5 heteroatoms. The molecule has 18 heavy (non-hydrogen) atoms. The van der Waals surface area contributed by atoms with Gasteiger partial charge in [-0.1, -0.05) is 0 Å². The number of anilines is 1. The molecular weight excluding hydrogens is 232 g/mol. The molecule has 1 saturated carbocycles. The van der Waals surface area contributed by atoms with E-state index in [4.69, 9.17) is 4.74 Å². The highest BCUT2D eigenvalue weighted by Gasteiger charge is 2.20. The Balaban J connectivity index is 1.58. The third-order valence-electron chi connectivity index (χ3n) is 2.92. The molecule has 0 saturated heterocycles. The molecule has 0 aromatic heterocycles. The lowest BCUT2D eigenvalue weighted by atomic mass is 10.3. The number of nitrogens with zero attached hydrogens (tertiary/aromatic N) is 1. The Morgan fingerprint density at radius 1 is 1.33 bits per heavy atom. The van der Waals surface area contributed by atoms with Gasteiger partial charge in [0.05, 0.1) is 4.92 Å². The van der Waals surface area contributed by atoms with Crippen molar-refractivity contribution in [3.63, 3.8) is 0 Å². The molecule has 1 aromatic rings. The van der Waals surface area contributed by atoms with Gasteiger partial charge in [0.25, 0.3) is 5.69 Å². The zero-order valence-electron chi connectivity index (χ0n) is 10.3. The van der Waals surface area contributed by atoms with E-state index >= 15 is 0 Å². The molecule has 0 bridgehead atoms. The van der Waals surface area contributed by atoms with Crippen molar-refractivity contribution in [3.8, 4) is 0 Å². The standard InChI is InChI=1S/C13H18N2O3/c16-15(17)13-6-4-12(5-7-13)14-8-1-9-18-10-11-2-3-11/h4-7,11,14H,1-3,8-10H2. The second-order valence-electron chi connectivity index (χ2n) is 4.60. The van der Waals surface area contributed by atoms with Gasteiger partial charge in [0.1, 0.15) is 0 Å². The smallest absolute Gasteiger partial charge is 0.269 e. The number of non-ortho nitro benzene ring substituents is 1. The van der Waals surface area contributed by atoms with Crippen LogP contribution in [-0.2, 0) is 4.74 Å². The molecule has 0 aliphatic heterocycles. The molecule has 1 fully saturated rings. The van der Waals surface area contributed by atoms with Gasteiger partial charge in [0.15, 0.2) is 0 Å². The van der Waals surface area contributed by atoms with Crippen LogP contribution in [0.15, 0.2) is 24.3 Å². The van der Waals surface area contributed by atoms with Crippen molar-refractivity contribution in [2.45, 2.75) is 19.3 Å². The van der Waals surface area contributed by atoms with Crippen LogP contribution in [0, 0.1) is 16.0 Å². The van der Waals surface area contributed by atoms with E-state index in [1.54, 1.807) is 12.1 Å². The maximum absolute atomic E-state index is 10.5. The second-order valence-corrected chi connectivity index (χ2v) is 4.60. The van der Waals surface area contributed by atoms with Crippen molar-refractivity contribution in [3.05, 3.63) is 34.4 Å². The second kappa shape index (κ2) is 6.35. The minimum atomic E-state index is -0.393. The quantitative estimate of drug-likeness (QED) is 0.437. The van der Waals surface area contributed by atoms with Crippen molar-refractivity contribution in [1.29, 1.82) is 0 Å². The minimum absolute atomic E-state index is 0.119. The van der Waals surface area contributed by atoms with Crippen molar-refractivity contribution in [2.75, 3.05) is 25.1 Å². The maximum atomic E-state index is 10.5. The SMILES string of the molecule is O=[N+]([O-])c1ccc(NCCCOCC2CC2)cc1. The van der Waals surface area contributed by atoms with Crippen LogP contribution in [0.2, 0.25) is 0 Å². The molecule has 0 amide bonds. The first-order chi connectivity index (χ1) is 8.75. The molecule has 0 heterocycles. The third kappa shape index (κ3) is 4.33. The molecule has 1 aliphatic carbocycles. The Bertz CT molecular complexity index is 388. The lowest BCUT2D eigenvalue weighted by Crippen LogP contribution is -2.06. The van der Waals surface area contributed by atoms with Crippen LogP contribution in [0.1, 0.15) is 19.3 Å². The highest BCUT2D eigenvalue weighted by molar-refractivity contribution is 5.48. The first-order valence-corrected chi connectivity index (χ1v) is 6.32. The van der Waals surface area contributed by atoms with Crippen LogP contribution in [0.4, 0.5) is 11.4 Å². The first-order valence-electron chi connectivity index (χ1n) is 6.32. The summed E-state index contributed by atoms with van der Waals surface area (Å²) in [7, 11) is 0. The number of benzene rings is 1. The van der Waals surface area contributed by atoms with Gasteiger partial charge in [-0.05, 0) is 37.3 Å². The zero-order chi connectivity index (χ0) is 12.8. The van der Waals surface area contributed by atoms with Crippen LogP contribution < -0.4 is 5.32 Å². The first kappa shape index (κ1) is 12.8. The number of nitro benzene ring substituents is 1. The summed E-state index contributed by atoms with van der Waals surface area (Å²) in [6.07, 6.45) is 3.59.